The maximum absolute atomic E-state index is 12.3. The van der Waals surface area contributed by atoms with Gasteiger partial charge in [-0.15, -0.1) is 0 Å². The number of nitrogens with one attached hydrogen (secondary N) is 1. The molecule has 0 aliphatic heterocycles. The Morgan fingerprint density at radius 3 is 2.59 bits per heavy atom. The molecule has 2 rings (SSSR count). The fourth-order valence-electron chi connectivity index (χ4n) is 1.77. The molecule has 0 saturated heterocycles. The number of halogens is 2. The van der Waals surface area contributed by atoms with Gasteiger partial charge >= 0.3 is 0 Å². The van der Waals surface area contributed by atoms with Crippen LogP contribution in [-0.2, 0) is 0 Å². The molecule has 0 aliphatic carbocycles. The highest BCUT2D eigenvalue weighted by Gasteiger charge is 2.16. The van der Waals surface area contributed by atoms with E-state index < -0.39 is 10.8 Å². The molecule has 8 heteroatoms. The standard InChI is InChI=1S/C14H10Cl2N2O4/c1-22-13-5-2-8(15)6-10(13)14(19)17-12-7-9(18(20)21)3-4-11(12)16/h2-7H,1H3,(H,17,19). The summed E-state index contributed by atoms with van der Waals surface area (Å²) in [7, 11) is 1.42. The second-order valence-electron chi connectivity index (χ2n) is 4.22. The molecule has 0 bridgehead atoms. The number of non-ortho nitro benzene ring substituents is 1. The zero-order valence-corrected chi connectivity index (χ0v) is 12.8. The van der Waals surface area contributed by atoms with E-state index in [1.54, 1.807) is 12.1 Å². The fourth-order valence-corrected chi connectivity index (χ4v) is 2.11. The molecule has 0 fully saturated rings. The number of rotatable bonds is 4. The van der Waals surface area contributed by atoms with Gasteiger partial charge in [0.2, 0.25) is 0 Å². The van der Waals surface area contributed by atoms with Crippen LogP contribution in [0, 0.1) is 10.1 Å². The number of anilines is 1. The highest BCUT2D eigenvalue weighted by atomic mass is 35.5. The number of ether oxygens (including phenoxy) is 1. The number of nitro groups is 1. The summed E-state index contributed by atoms with van der Waals surface area (Å²) in [5.74, 6) is -0.217. The van der Waals surface area contributed by atoms with Crippen molar-refractivity contribution in [1.82, 2.24) is 0 Å². The van der Waals surface area contributed by atoms with Crippen molar-refractivity contribution < 1.29 is 14.5 Å². The van der Waals surface area contributed by atoms with Gasteiger partial charge in [0, 0.05) is 17.2 Å². The molecule has 0 radical (unpaired) electrons. The van der Waals surface area contributed by atoms with E-state index in [0.717, 1.165) is 0 Å². The molecule has 0 aliphatic rings. The number of benzene rings is 2. The Morgan fingerprint density at radius 2 is 1.95 bits per heavy atom. The molecular formula is C14H10Cl2N2O4. The van der Waals surface area contributed by atoms with Crippen LogP contribution in [0.15, 0.2) is 36.4 Å². The summed E-state index contributed by atoms with van der Waals surface area (Å²) in [6, 6.07) is 8.32. The van der Waals surface area contributed by atoms with Gasteiger partial charge in [-0.1, -0.05) is 23.2 Å². The van der Waals surface area contributed by atoms with E-state index in [1.807, 2.05) is 0 Å². The number of methoxy groups -OCH3 is 1. The Balaban J connectivity index is 2.35. The first-order valence-electron chi connectivity index (χ1n) is 6.01. The largest absolute Gasteiger partial charge is 0.496 e. The van der Waals surface area contributed by atoms with Crippen molar-refractivity contribution in [3.05, 3.63) is 62.1 Å². The molecule has 0 spiro atoms. The van der Waals surface area contributed by atoms with Crippen molar-refractivity contribution in [3.8, 4) is 5.75 Å². The second-order valence-corrected chi connectivity index (χ2v) is 5.06. The Hall–Kier alpha value is -2.31. The van der Waals surface area contributed by atoms with Crippen LogP contribution in [-0.4, -0.2) is 17.9 Å². The van der Waals surface area contributed by atoms with Gasteiger partial charge in [0.25, 0.3) is 11.6 Å². The molecule has 0 heterocycles. The summed E-state index contributed by atoms with van der Waals surface area (Å²) in [6.07, 6.45) is 0. The average Bonchev–Trinajstić information content (AvgIpc) is 2.49. The molecule has 2 aromatic carbocycles. The third-order valence-electron chi connectivity index (χ3n) is 2.82. The first-order valence-corrected chi connectivity index (χ1v) is 6.77. The van der Waals surface area contributed by atoms with Crippen LogP contribution in [0.1, 0.15) is 10.4 Å². The number of carbonyl (C=O) groups is 1. The predicted octanol–water partition coefficient (Wildman–Crippen LogP) is 4.16. The van der Waals surface area contributed by atoms with Crippen LogP contribution < -0.4 is 10.1 Å². The highest BCUT2D eigenvalue weighted by molar-refractivity contribution is 6.34. The zero-order valence-electron chi connectivity index (χ0n) is 11.3. The Kier molecular flexibility index (Phi) is 4.85. The highest BCUT2D eigenvalue weighted by Crippen LogP contribution is 2.29. The van der Waals surface area contributed by atoms with Crippen LogP contribution >= 0.6 is 23.2 Å². The van der Waals surface area contributed by atoms with Crippen molar-refractivity contribution in [2.75, 3.05) is 12.4 Å². The van der Waals surface area contributed by atoms with Crippen LogP contribution in [0.4, 0.5) is 11.4 Å². The van der Waals surface area contributed by atoms with Gasteiger partial charge in [-0.25, -0.2) is 0 Å². The topological polar surface area (TPSA) is 81.5 Å². The third-order valence-corrected chi connectivity index (χ3v) is 3.38. The van der Waals surface area contributed by atoms with Gasteiger partial charge in [0.15, 0.2) is 0 Å². The number of nitrogens with zero attached hydrogens (tertiary/aromatic N) is 1. The van der Waals surface area contributed by atoms with Crippen LogP contribution in [0.3, 0.4) is 0 Å². The number of hydrogen-bond acceptors (Lipinski definition) is 4. The number of nitro benzene ring substituents is 1. The van der Waals surface area contributed by atoms with Gasteiger partial charge in [-0.05, 0) is 24.3 Å². The van der Waals surface area contributed by atoms with Crippen LogP contribution in [0.5, 0.6) is 5.75 Å². The first-order chi connectivity index (χ1) is 10.4. The van der Waals surface area contributed by atoms with Crippen molar-refractivity contribution in [1.29, 1.82) is 0 Å². The molecule has 114 valence electrons. The minimum Gasteiger partial charge on any atom is -0.496 e. The fraction of sp³-hybridized carbons (Fsp3) is 0.0714. The van der Waals surface area contributed by atoms with Gasteiger partial charge in [-0.3, -0.25) is 14.9 Å². The number of amides is 1. The lowest BCUT2D eigenvalue weighted by molar-refractivity contribution is -0.384. The Labute approximate surface area is 135 Å². The summed E-state index contributed by atoms with van der Waals surface area (Å²) in [5, 5.41) is 13.8. The maximum Gasteiger partial charge on any atom is 0.271 e. The zero-order chi connectivity index (χ0) is 16.3. The van der Waals surface area contributed by atoms with E-state index in [4.69, 9.17) is 27.9 Å². The maximum atomic E-state index is 12.3. The lowest BCUT2D eigenvalue weighted by Crippen LogP contribution is -2.13. The molecule has 0 saturated carbocycles. The number of hydrogen-bond donors (Lipinski definition) is 1. The smallest absolute Gasteiger partial charge is 0.271 e. The van der Waals surface area contributed by atoms with Crippen molar-refractivity contribution in [3.63, 3.8) is 0 Å². The molecule has 6 nitrogen and oxygen atoms in total. The summed E-state index contributed by atoms with van der Waals surface area (Å²) in [4.78, 5) is 22.5. The SMILES string of the molecule is COc1ccc(Cl)cc1C(=O)Nc1cc([N+](=O)[O-])ccc1Cl. The van der Waals surface area contributed by atoms with E-state index in [9.17, 15) is 14.9 Å². The van der Waals surface area contributed by atoms with E-state index in [0.29, 0.717) is 10.8 Å². The number of carbonyl (C=O) groups excluding carboxylic acids is 1. The first kappa shape index (κ1) is 16.1. The van der Waals surface area contributed by atoms with Gasteiger partial charge in [0.05, 0.1) is 28.3 Å². The molecule has 0 unspecified atom stereocenters. The average molecular weight is 341 g/mol. The summed E-state index contributed by atoms with van der Waals surface area (Å²) in [6.45, 7) is 0. The van der Waals surface area contributed by atoms with Gasteiger partial charge < -0.3 is 10.1 Å². The predicted molar refractivity (Wildman–Crippen MR) is 84.1 cm³/mol. The summed E-state index contributed by atoms with van der Waals surface area (Å²) < 4.78 is 5.09. The molecular weight excluding hydrogens is 331 g/mol. The lowest BCUT2D eigenvalue weighted by atomic mass is 10.1. The minimum absolute atomic E-state index is 0.128. The van der Waals surface area contributed by atoms with Crippen LogP contribution in [0.2, 0.25) is 10.0 Å². The third kappa shape index (κ3) is 3.47. The molecule has 0 aromatic heterocycles. The molecule has 22 heavy (non-hydrogen) atoms. The van der Waals surface area contributed by atoms with E-state index in [-0.39, 0.29) is 22.0 Å². The van der Waals surface area contributed by atoms with E-state index in [1.165, 1.54) is 31.4 Å². The van der Waals surface area contributed by atoms with E-state index >= 15 is 0 Å². The quantitative estimate of drug-likeness (QED) is 0.669. The summed E-state index contributed by atoms with van der Waals surface area (Å²) >= 11 is 11.8. The molecule has 1 amide bonds. The minimum atomic E-state index is -0.577. The van der Waals surface area contributed by atoms with Gasteiger partial charge in [-0.2, -0.15) is 0 Å². The summed E-state index contributed by atoms with van der Waals surface area (Å²) in [5.41, 5.74) is 0.137. The van der Waals surface area contributed by atoms with Crippen molar-refractivity contribution in [2.45, 2.75) is 0 Å². The van der Waals surface area contributed by atoms with Crippen molar-refractivity contribution in [2.24, 2.45) is 0 Å². The second kappa shape index (κ2) is 6.64. The lowest BCUT2D eigenvalue weighted by Gasteiger charge is -2.10. The van der Waals surface area contributed by atoms with Gasteiger partial charge in [0.1, 0.15) is 5.75 Å². The monoisotopic (exact) mass is 340 g/mol. The molecule has 2 aromatic rings. The molecule has 0 atom stereocenters. The van der Waals surface area contributed by atoms with Crippen LogP contribution in [0.25, 0.3) is 0 Å². The molecule has 1 N–H and O–H groups in total. The Morgan fingerprint density at radius 1 is 1.23 bits per heavy atom. The van der Waals surface area contributed by atoms with E-state index in [2.05, 4.69) is 5.32 Å². The van der Waals surface area contributed by atoms with Crippen molar-refractivity contribution >= 4 is 40.5 Å². The Bertz CT molecular complexity index is 750. The normalized spacial score (nSPS) is 10.1.